The minimum atomic E-state index is -0.341. The summed E-state index contributed by atoms with van der Waals surface area (Å²) in [6, 6.07) is 0. The molecule has 0 aromatic carbocycles. The van der Waals surface area contributed by atoms with E-state index in [2.05, 4.69) is 11.3 Å². The maximum absolute atomic E-state index is 10.2. The van der Waals surface area contributed by atoms with E-state index in [0.29, 0.717) is 6.61 Å². The van der Waals surface area contributed by atoms with Crippen LogP contribution in [0.3, 0.4) is 0 Å². The standard InChI is InChI=1S/C6H10O2.H2O/c1-3-5-8-6(7)4-2;/h4H,2-3,5H2,1H3;1H2. The Bertz CT molecular complexity index is 88.3. The van der Waals surface area contributed by atoms with Gasteiger partial charge in [-0.2, -0.15) is 0 Å². The van der Waals surface area contributed by atoms with Gasteiger partial charge < -0.3 is 10.2 Å². The Hall–Kier alpha value is -0.830. The molecule has 0 aliphatic carbocycles. The summed E-state index contributed by atoms with van der Waals surface area (Å²) in [6.45, 7) is 5.67. The average molecular weight is 132 g/mol. The second kappa shape index (κ2) is 7.17. The van der Waals surface area contributed by atoms with Crippen LogP contribution in [0.25, 0.3) is 0 Å². The molecule has 0 aliphatic heterocycles. The van der Waals surface area contributed by atoms with Crippen molar-refractivity contribution in [3.63, 3.8) is 0 Å². The number of ether oxygens (including phenoxy) is 1. The van der Waals surface area contributed by atoms with E-state index in [0.717, 1.165) is 12.5 Å². The summed E-state index contributed by atoms with van der Waals surface area (Å²) < 4.78 is 4.58. The summed E-state index contributed by atoms with van der Waals surface area (Å²) in [6.07, 6.45) is 2.02. The lowest BCUT2D eigenvalue weighted by Gasteiger charge is -1.94. The van der Waals surface area contributed by atoms with Gasteiger partial charge in [-0.25, -0.2) is 4.79 Å². The molecule has 0 saturated carbocycles. The number of carbonyl (C=O) groups is 1. The molecule has 3 heteroatoms. The smallest absolute Gasteiger partial charge is 0.330 e. The lowest BCUT2D eigenvalue weighted by Crippen LogP contribution is -1.99. The molecule has 0 unspecified atom stereocenters. The second-order valence-electron chi connectivity index (χ2n) is 1.37. The van der Waals surface area contributed by atoms with E-state index >= 15 is 0 Å². The molecule has 0 fully saturated rings. The summed E-state index contributed by atoms with van der Waals surface area (Å²) in [5, 5.41) is 0. The zero-order valence-electron chi connectivity index (χ0n) is 5.52. The average Bonchev–Trinajstić information content (AvgIpc) is 1.83. The third-order valence-corrected chi connectivity index (χ3v) is 0.615. The zero-order valence-corrected chi connectivity index (χ0v) is 5.52. The fourth-order valence-electron chi connectivity index (χ4n) is 0.262. The highest BCUT2D eigenvalue weighted by Gasteiger charge is 1.89. The van der Waals surface area contributed by atoms with Gasteiger partial charge in [0, 0.05) is 6.08 Å². The van der Waals surface area contributed by atoms with Crippen LogP contribution in [0, 0.1) is 0 Å². The maximum atomic E-state index is 10.2. The van der Waals surface area contributed by atoms with Gasteiger partial charge in [0.1, 0.15) is 0 Å². The SMILES string of the molecule is C=CC(=O)OCCC.O. The van der Waals surface area contributed by atoms with Crippen LogP contribution in [0.4, 0.5) is 0 Å². The number of hydrogen-bond acceptors (Lipinski definition) is 2. The molecule has 0 saturated heterocycles. The van der Waals surface area contributed by atoms with Crippen LogP contribution in [0.1, 0.15) is 13.3 Å². The van der Waals surface area contributed by atoms with Gasteiger partial charge in [-0.15, -0.1) is 0 Å². The summed E-state index contributed by atoms with van der Waals surface area (Å²) in [4.78, 5) is 10.2. The van der Waals surface area contributed by atoms with E-state index < -0.39 is 0 Å². The first-order chi connectivity index (χ1) is 3.81. The Morgan fingerprint density at radius 3 is 2.67 bits per heavy atom. The summed E-state index contributed by atoms with van der Waals surface area (Å²) in [5.74, 6) is -0.341. The summed E-state index contributed by atoms with van der Waals surface area (Å²) >= 11 is 0. The lowest BCUT2D eigenvalue weighted by atomic mass is 10.5. The molecule has 0 spiro atoms. The van der Waals surface area contributed by atoms with E-state index in [1.165, 1.54) is 0 Å². The van der Waals surface area contributed by atoms with Gasteiger partial charge in [0.25, 0.3) is 0 Å². The molecule has 0 atom stereocenters. The Kier molecular flexibility index (Phi) is 8.79. The number of esters is 1. The van der Waals surface area contributed by atoms with Crippen LogP contribution < -0.4 is 0 Å². The van der Waals surface area contributed by atoms with E-state index in [9.17, 15) is 4.79 Å². The molecule has 0 amide bonds. The van der Waals surface area contributed by atoms with Crippen molar-refractivity contribution in [3.8, 4) is 0 Å². The quantitative estimate of drug-likeness (QED) is 0.409. The molecule has 0 heterocycles. The highest BCUT2D eigenvalue weighted by Crippen LogP contribution is 1.81. The molecule has 0 aliphatic rings. The first kappa shape index (κ1) is 11.0. The van der Waals surface area contributed by atoms with Crippen LogP contribution in [0.5, 0.6) is 0 Å². The Labute approximate surface area is 54.6 Å². The first-order valence-corrected chi connectivity index (χ1v) is 2.60. The van der Waals surface area contributed by atoms with Gasteiger partial charge in [0.2, 0.25) is 0 Å². The second-order valence-corrected chi connectivity index (χ2v) is 1.37. The van der Waals surface area contributed by atoms with Crippen molar-refractivity contribution in [2.45, 2.75) is 13.3 Å². The summed E-state index contributed by atoms with van der Waals surface area (Å²) in [5.41, 5.74) is 0. The van der Waals surface area contributed by atoms with Crippen molar-refractivity contribution in [3.05, 3.63) is 12.7 Å². The highest BCUT2D eigenvalue weighted by atomic mass is 16.5. The predicted octanol–water partition coefficient (Wildman–Crippen LogP) is 0.301. The molecule has 0 rings (SSSR count). The molecule has 54 valence electrons. The normalized spacial score (nSPS) is 7.22. The van der Waals surface area contributed by atoms with Gasteiger partial charge in [-0.3, -0.25) is 0 Å². The third kappa shape index (κ3) is 7.17. The highest BCUT2D eigenvalue weighted by molar-refractivity contribution is 5.81. The molecular formula is C6H12O3. The van der Waals surface area contributed by atoms with E-state index in [1.54, 1.807) is 0 Å². The molecule has 9 heavy (non-hydrogen) atoms. The molecule has 3 nitrogen and oxygen atoms in total. The first-order valence-electron chi connectivity index (χ1n) is 2.60. The molecular weight excluding hydrogens is 120 g/mol. The maximum Gasteiger partial charge on any atom is 0.330 e. The summed E-state index contributed by atoms with van der Waals surface area (Å²) in [7, 11) is 0. The van der Waals surface area contributed by atoms with Crippen LogP contribution >= 0.6 is 0 Å². The largest absolute Gasteiger partial charge is 0.463 e. The van der Waals surface area contributed by atoms with Crippen molar-refractivity contribution in [1.29, 1.82) is 0 Å². The van der Waals surface area contributed by atoms with Gasteiger partial charge in [0.05, 0.1) is 6.61 Å². The van der Waals surface area contributed by atoms with Crippen molar-refractivity contribution in [2.24, 2.45) is 0 Å². The van der Waals surface area contributed by atoms with Crippen LogP contribution in [-0.4, -0.2) is 18.1 Å². The molecule has 0 radical (unpaired) electrons. The van der Waals surface area contributed by atoms with Crippen molar-refractivity contribution in [1.82, 2.24) is 0 Å². The Balaban J connectivity index is 0. The van der Waals surface area contributed by atoms with Crippen LogP contribution in [0.2, 0.25) is 0 Å². The fourth-order valence-corrected chi connectivity index (χ4v) is 0.262. The fraction of sp³-hybridized carbons (Fsp3) is 0.500. The van der Waals surface area contributed by atoms with Crippen molar-refractivity contribution < 1.29 is 15.0 Å². The Morgan fingerprint density at radius 2 is 2.33 bits per heavy atom. The predicted molar refractivity (Wildman–Crippen MR) is 35.1 cm³/mol. The van der Waals surface area contributed by atoms with E-state index in [1.807, 2.05) is 6.92 Å². The Morgan fingerprint density at radius 1 is 1.78 bits per heavy atom. The van der Waals surface area contributed by atoms with Crippen LogP contribution in [0.15, 0.2) is 12.7 Å². The monoisotopic (exact) mass is 132 g/mol. The molecule has 0 aromatic rings. The molecule has 0 aromatic heterocycles. The van der Waals surface area contributed by atoms with E-state index in [4.69, 9.17) is 0 Å². The number of hydrogen-bond donors (Lipinski definition) is 0. The molecule has 2 N–H and O–H groups in total. The topological polar surface area (TPSA) is 57.8 Å². The van der Waals surface area contributed by atoms with Gasteiger partial charge in [-0.1, -0.05) is 13.5 Å². The zero-order chi connectivity index (χ0) is 6.41. The van der Waals surface area contributed by atoms with Crippen molar-refractivity contribution >= 4 is 5.97 Å². The minimum Gasteiger partial charge on any atom is -0.463 e. The van der Waals surface area contributed by atoms with Gasteiger partial charge >= 0.3 is 5.97 Å². The third-order valence-electron chi connectivity index (χ3n) is 0.615. The molecule has 0 bridgehead atoms. The van der Waals surface area contributed by atoms with Gasteiger partial charge in [0.15, 0.2) is 0 Å². The minimum absolute atomic E-state index is 0. The van der Waals surface area contributed by atoms with Gasteiger partial charge in [-0.05, 0) is 6.42 Å². The lowest BCUT2D eigenvalue weighted by molar-refractivity contribution is -0.137. The number of carbonyl (C=O) groups excluding carboxylic acids is 1. The van der Waals surface area contributed by atoms with E-state index in [-0.39, 0.29) is 11.4 Å². The number of rotatable bonds is 3. The van der Waals surface area contributed by atoms with Crippen molar-refractivity contribution in [2.75, 3.05) is 6.61 Å². The van der Waals surface area contributed by atoms with Crippen LogP contribution in [-0.2, 0) is 9.53 Å².